The molecule has 0 unspecified atom stereocenters. The van der Waals surface area contributed by atoms with Crippen LogP contribution in [0.25, 0.3) is 0 Å². The predicted octanol–water partition coefficient (Wildman–Crippen LogP) is 1.06. The van der Waals surface area contributed by atoms with Gasteiger partial charge in [-0.15, -0.1) is 0 Å². The van der Waals surface area contributed by atoms with Gasteiger partial charge in [0, 0.05) is 6.54 Å². The lowest BCUT2D eigenvalue weighted by atomic mass is 9.86. The van der Waals surface area contributed by atoms with Crippen molar-refractivity contribution < 1.29 is 8.42 Å². The van der Waals surface area contributed by atoms with E-state index in [1.54, 1.807) is 0 Å². The van der Waals surface area contributed by atoms with Crippen LogP contribution in [0.4, 0.5) is 0 Å². The van der Waals surface area contributed by atoms with Gasteiger partial charge in [-0.1, -0.05) is 22.4 Å². The molecule has 0 aromatic carbocycles. The molecule has 66 valence electrons. The standard InChI is InChI=1S/C6H12BrNO2S/c7-5-11(9,10)8-4-6-2-1-3-6/h6,8H,1-5H2. The molecule has 0 amide bonds. The summed E-state index contributed by atoms with van der Waals surface area (Å²) in [5.74, 6) is 0.587. The van der Waals surface area contributed by atoms with Crippen LogP contribution >= 0.6 is 15.9 Å². The summed E-state index contributed by atoms with van der Waals surface area (Å²) in [4.78, 5) is 0. The molecule has 0 aromatic rings. The zero-order valence-corrected chi connectivity index (χ0v) is 8.62. The Morgan fingerprint density at radius 1 is 1.45 bits per heavy atom. The first kappa shape index (κ1) is 9.48. The number of hydrogen-bond donors (Lipinski definition) is 1. The number of nitrogens with one attached hydrogen (secondary N) is 1. The average Bonchev–Trinajstić information content (AvgIpc) is 1.84. The van der Waals surface area contributed by atoms with E-state index in [4.69, 9.17) is 0 Å². The molecule has 0 aromatic heterocycles. The molecule has 0 saturated heterocycles. The van der Waals surface area contributed by atoms with E-state index in [2.05, 4.69) is 20.7 Å². The number of sulfonamides is 1. The molecule has 1 N–H and O–H groups in total. The Hall–Kier alpha value is 0.390. The third-order valence-corrected chi connectivity index (χ3v) is 4.66. The fraction of sp³-hybridized carbons (Fsp3) is 1.00. The second kappa shape index (κ2) is 3.87. The summed E-state index contributed by atoms with van der Waals surface area (Å²) in [5.41, 5.74) is 0. The van der Waals surface area contributed by atoms with E-state index in [-0.39, 0.29) is 4.66 Å². The smallest absolute Gasteiger partial charge is 0.214 e. The third kappa shape index (κ3) is 3.09. The Balaban J connectivity index is 2.20. The first-order valence-electron chi connectivity index (χ1n) is 3.67. The lowest BCUT2D eigenvalue weighted by molar-refractivity contribution is 0.316. The van der Waals surface area contributed by atoms with Crippen molar-refractivity contribution in [2.75, 3.05) is 11.2 Å². The predicted molar refractivity (Wildman–Crippen MR) is 48.1 cm³/mol. The van der Waals surface area contributed by atoms with Gasteiger partial charge in [-0.05, 0) is 18.8 Å². The van der Waals surface area contributed by atoms with Crippen LogP contribution in [0.2, 0.25) is 0 Å². The van der Waals surface area contributed by atoms with Crippen LogP contribution in [0, 0.1) is 5.92 Å². The molecule has 0 radical (unpaired) electrons. The molecule has 0 aliphatic heterocycles. The number of hydrogen-bond acceptors (Lipinski definition) is 2. The van der Waals surface area contributed by atoms with E-state index >= 15 is 0 Å². The van der Waals surface area contributed by atoms with Gasteiger partial charge in [0.15, 0.2) is 0 Å². The number of halogens is 1. The zero-order chi connectivity index (χ0) is 8.32. The van der Waals surface area contributed by atoms with Crippen LogP contribution in [-0.4, -0.2) is 19.6 Å². The van der Waals surface area contributed by atoms with Crippen LogP contribution in [0.15, 0.2) is 0 Å². The Morgan fingerprint density at radius 3 is 2.45 bits per heavy atom. The van der Waals surface area contributed by atoms with Crippen LogP contribution in [0.5, 0.6) is 0 Å². The van der Waals surface area contributed by atoms with E-state index < -0.39 is 10.0 Å². The van der Waals surface area contributed by atoms with E-state index in [1.165, 1.54) is 19.3 Å². The summed E-state index contributed by atoms with van der Waals surface area (Å²) in [5, 5.41) is 0. The zero-order valence-electron chi connectivity index (χ0n) is 6.22. The molecule has 0 spiro atoms. The molecule has 1 aliphatic rings. The highest BCUT2D eigenvalue weighted by molar-refractivity contribution is 9.10. The summed E-state index contributed by atoms with van der Waals surface area (Å²) in [7, 11) is -3.02. The van der Waals surface area contributed by atoms with Crippen LogP contribution in [0.3, 0.4) is 0 Å². The topological polar surface area (TPSA) is 46.2 Å². The van der Waals surface area contributed by atoms with Gasteiger partial charge in [0.2, 0.25) is 10.0 Å². The minimum Gasteiger partial charge on any atom is -0.214 e. The summed E-state index contributed by atoms with van der Waals surface area (Å²) in [6, 6.07) is 0. The maximum absolute atomic E-state index is 10.9. The second-order valence-electron chi connectivity index (χ2n) is 2.87. The van der Waals surface area contributed by atoms with Gasteiger partial charge in [-0.2, -0.15) is 0 Å². The third-order valence-electron chi connectivity index (χ3n) is 1.96. The first-order chi connectivity index (χ1) is 5.14. The van der Waals surface area contributed by atoms with Gasteiger partial charge < -0.3 is 0 Å². The molecule has 0 atom stereocenters. The summed E-state index contributed by atoms with van der Waals surface area (Å²) < 4.78 is 24.3. The largest absolute Gasteiger partial charge is 0.221 e. The van der Waals surface area contributed by atoms with Crippen molar-refractivity contribution in [3.8, 4) is 0 Å². The molecule has 5 heteroatoms. The molecule has 1 saturated carbocycles. The normalized spacial score (nSPS) is 19.7. The Kier molecular flexibility index (Phi) is 3.33. The van der Waals surface area contributed by atoms with Crippen LogP contribution < -0.4 is 4.72 Å². The van der Waals surface area contributed by atoms with Crippen molar-refractivity contribution in [1.82, 2.24) is 4.72 Å². The molecular formula is C6H12BrNO2S. The molecule has 1 aliphatic carbocycles. The first-order valence-corrected chi connectivity index (χ1v) is 6.45. The minimum absolute atomic E-state index is 0.00667. The van der Waals surface area contributed by atoms with Crippen molar-refractivity contribution in [2.45, 2.75) is 19.3 Å². The maximum Gasteiger partial charge on any atom is 0.221 e. The van der Waals surface area contributed by atoms with Gasteiger partial charge in [-0.25, -0.2) is 13.1 Å². The molecule has 1 fully saturated rings. The summed E-state index contributed by atoms with van der Waals surface area (Å²) in [6.07, 6.45) is 3.59. The molecule has 3 nitrogen and oxygen atoms in total. The second-order valence-corrected chi connectivity index (χ2v) is 5.98. The van der Waals surface area contributed by atoms with E-state index in [1.807, 2.05) is 0 Å². The fourth-order valence-electron chi connectivity index (χ4n) is 0.980. The molecule has 0 heterocycles. The molecule has 0 bridgehead atoms. The SMILES string of the molecule is O=S(=O)(CBr)NCC1CCC1. The van der Waals surface area contributed by atoms with Gasteiger partial charge in [0.1, 0.15) is 4.66 Å². The molecule has 1 rings (SSSR count). The van der Waals surface area contributed by atoms with Crippen molar-refractivity contribution in [2.24, 2.45) is 5.92 Å². The monoisotopic (exact) mass is 241 g/mol. The molecular weight excluding hydrogens is 230 g/mol. The summed E-state index contributed by atoms with van der Waals surface area (Å²) >= 11 is 2.91. The van der Waals surface area contributed by atoms with E-state index in [0.29, 0.717) is 12.5 Å². The van der Waals surface area contributed by atoms with Gasteiger partial charge in [-0.3, -0.25) is 0 Å². The maximum atomic E-state index is 10.9. The summed E-state index contributed by atoms with van der Waals surface area (Å²) in [6.45, 7) is 0.619. The Morgan fingerprint density at radius 2 is 2.09 bits per heavy atom. The minimum atomic E-state index is -3.02. The van der Waals surface area contributed by atoms with Crippen LogP contribution in [0.1, 0.15) is 19.3 Å². The van der Waals surface area contributed by atoms with Crippen molar-refractivity contribution >= 4 is 26.0 Å². The fourth-order valence-corrected chi connectivity index (χ4v) is 2.03. The highest BCUT2D eigenvalue weighted by atomic mass is 79.9. The number of alkyl halides is 1. The quantitative estimate of drug-likeness (QED) is 0.749. The lowest BCUT2D eigenvalue weighted by Gasteiger charge is -2.24. The van der Waals surface area contributed by atoms with E-state index in [9.17, 15) is 8.42 Å². The van der Waals surface area contributed by atoms with Crippen molar-refractivity contribution in [3.63, 3.8) is 0 Å². The van der Waals surface area contributed by atoms with Crippen LogP contribution in [-0.2, 0) is 10.0 Å². The Bertz CT molecular complexity index is 211. The number of rotatable bonds is 4. The highest BCUT2D eigenvalue weighted by Crippen LogP contribution is 2.25. The Labute approximate surface area is 75.7 Å². The van der Waals surface area contributed by atoms with Gasteiger partial charge in [0.25, 0.3) is 0 Å². The molecule has 11 heavy (non-hydrogen) atoms. The van der Waals surface area contributed by atoms with Crippen molar-refractivity contribution in [1.29, 1.82) is 0 Å². The van der Waals surface area contributed by atoms with Gasteiger partial charge in [0.05, 0.1) is 0 Å². The van der Waals surface area contributed by atoms with Crippen molar-refractivity contribution in [3.05, 3.63) is 0 Å². The van der Waals surface area contributed by atoms with E-state index in [0.717, 1.165) is 0 Å². The van der Waals surface area contributed by atoms with Gasteiger partial charge >= 0.3 is 0 Å². The lowest BCUT2D eigenvalue weighted by Crippen LogP contribution is -2.32. The highest BCUT2D eigenvalue weighted by Gasteiger charge is 2.19. The average molecular weight is 242 g/mol.